The first kappa shape index (κ1) is 14.0. The number of hydrogen-bond acceptors (Lipinski definition) is 3. The molecule has 4 heteroatoms. The molecule has 104 valence electrons. The molecule has 0 spiro atoms. The van der Waals surface area contributed by atoms with Gasteiger partial charge >= 0.3 is 0 Å². The van der Waals surface area contributed by atoms with E-state index in [-0.39, 0.29) is 5.91 Å². The van der Waals surface area contributed by atoms with Crippen LogP contribution >= 0.6 is 0 Å². The quantitative estimate of drug-likeness (QED) is 0.901. The topological polar surface area (TPSA) is 45.2 Å². The maximum absolute atomic E-state index is 12.7. The summed E-state index contributed by atoms with van der Waals surface area (Å²) in [6.45, 7) is 3.74. The third-order valence-electron chi connectivity index (χ3n) is 3.85. The third kappa shape index (κ3) is 3.32. The smallest absolute Gasteiger partial charge is 0.255 e. The van der Waals surface area contributed by atoms with Crippen molar-refractivity contribution >= 4 is 5.91 Å². The van der Waals surface area contributed by atoms with Crippen molar-refractivity contribution in [2.24, 2.45) is 0 Å². The molecule has 0 saturated carbocycles. The fourth-order valence-electron chi connectivity index (χ4n) is 2.74. The largest absolute Gasteiger partial charge is 0.336 e. The Morgan fingerprint density at radius 1 is 1.53 bits per heavy atom. The number of nitrogens with zero attached hydrogens (tertiary/aromatic N) is 2. The number of nitrogens with one attached hydrogen (secondary N) is 1. The average molecular weight is 261 g/mol. The molecule has 1 atom stereocenters. The van der Waals surface area contributed by atoms with Crippen LogP contribution in [0.4, 0.5) is 0 Å². The van der Waals surface area contributed by atoms with Crippen molar-refractivity contribution in [2.45, 2.75) is 38.6 Å². The van der Waals surface area contributed by atoms with Gasteiger partial charge in [0, 0.05) is 24.5 Å². The highest BCUT2D eigenvalue weighted by atomic mass is 16.2. The zero-order valence-corrected chi connectivity index (χ0v) is 11.9. The third-order valence-corrected chi connectivity index (χ3v) is 3.85. The molecule has 1 amide bonds. The molecule has 2 heterocycles. The summed E-state index contributed by atoms with van der Waals surface area (Å²) >= 11 is 0. The second-order valence-electron chi connectivity index (χ2n) is 5.18. The molecule has 1 unspecified atom stereocenters. The monoisotopic (exact) mass is 261 g/mol. The van der Waals surface area contributed by atoms with Crippen molar-refractivity contribution in [3.8, 4) is 0 Å². The fourth-order valence-corrected chi connectivity index (χ4v) is 2.74. The molecule has 2 rings (SSSR count). The van der Waals surface area contributed by atoms with E-state index in [0.717, 1.165) is 43.6 Å². The summed E-state index contributed by atoms with van der Waals surface area (Å²) in [5.41, 5.74) is 1.57. The SMILES string of the molecule is CNCCC1CCCCN1C(=O)c1cccnc1C. The first-order chi connectivity index (χ1) is 9.24. The molecule has 1 aromatic rings. The number of pyridine rings is 1. The van der Waals surface area contributed by atoms with Crippen LogP contribution in [0.15, 0.2) is 18.3 Å². The van der Waals surface area contributed by atoms with Crippen LogP contribution < -0.4 is 5.32 Å². The van der Waals surface area contributed by atoms with Gasteiger partial charge in [-0.25, -0.2) is 0 Å². The summed E-state index contributed by atoms with van der Waals surface area (Å²) in [4.78, 5) is 18.9. The first-order valence-corrected chi connectivity index (χ1v) is 7.11. The van der Waals surface area contributed by atoms with E-state index in [0.29, 0.717) is 6.04 Å². The summed E-state index contributed by atoms with van der Waals surface area (Å²) < 4.78 is 0. The van der Waals surface area contributed by atoms with Gasteiger partial charge < -0.3 is 10.2 Å². The number of amides is 1. The van der Waals surface area contributed by atoms with Gasteiger partial charge in [-0.05, 0) is 58.3 Å². The molecule has 0 radical (unpaired) electrons. The molecule has 1 aromatic heterocycles. The van der Waals surface area contributed by atoms with E-state index in [1.54, 1.807) is 6.20 Å². The van der Waals surface area contributed by atoms with Crippen LogP contribution in [0.25, 0.3) is 0 Å². The second-order valence-corrected chi connectivity index (χ2v) is 5.18. The van der Waals surface area contributed by atoms with Gasteiger partial charge in [-0.3, -0.25) is 9.78 Å². The Morgan fingerprint density at radius 2 is 2.37 bits per heavy atom. The number of carbonyl (C=O) groups excluding carboxylic acids is 1. The van der Waals surface area contributed by atoms with Crippen LogP contribution in [0.1, 0.15) is 41.7 Å². The van der Waals surface area contributed by atoms with Crippen molar-refractivity contribution in [1.29, 1.82) is 0 Å². The van der Waals surface area contributed by atoms with E-state index in [2.05, 4.69) is 10.3 Å². The molecule has 0 aliphatic carbocycles. The van der Waals surface area contributed by atoms with Crippen molar-refractivity contribution in [3.63, 3.8) is 0 Å². The number of likely N-dealkylation sites (tertiary alicyclic amines) is 1. The Morgan fingerprint density at radius 3 is 3.11 bits per heavy atom. The van der Waals surface area contributed by atoms with E-state index in [4.69, 9.17) is 0 Å². The number of carbonyl (C=O) groups is 1. The molecule has 1 aliphatic rings. The standard InChI is InChI=1S/C15H23N3O/c1-12-14(7-5-9-17-12)15(19)18-11-4-3-6-13(18)8-10-16-2/h5,7,9,13,16H,3-4,6,8,10-11H2,1-2H3. The van der Waals surface area contributed by atoms with Gasteiger partial charge in [-0.1, -0.05) is 0 Å². The van der Waals surface area contributed by atoms with Gasteiger partial charge in [0.1, 0.15) is 0 Å². The summed E-state index contributed by atoms with van der Waals surface area (Å²) in [5, 5.41) is 3.18. The zero-order chi connectivity index (χ0) is 13.7. The highest BCUT2D eigenvalue weighted by molar-refractivity contribution is 5.95. The Balaban J connectivity index is 2.13. The van der Waals surface area contributed by atoms with E-state index < -0.39 is 0 Å². The van der Waals surface area contributed by atoms with E-state index in [1.165, 1.54) is 6.42 Å². The summed E-state index contributed by atoms with van der Waals surface area (Å²) in [5.74, 6) is 0.145. The van der Waals surface area contributed by atoms with Gasteiger partial charge in [0.05, 0.1) is 5.56 Å². The van der Waals surface area contributed by atoms with Gasteiger partial charge in [-0.15, -0.1) is 0 Å². The van der Waals surface area contributed by atoms with Crippen LogP contribution in [0.5, 0.6) is 0 Å². The van der Waals surface area contributed by atoms with Gasteiger partial charge in [-0.2, -0.15) is 0 Å². The number of rotatable bonds is 4. The predicted octanol–water partition coefficient (Wildman–Crippen LogP) is 1.99. The molecule has 4 nitrogen and oxygen atoms in total. The maximum atomic E-state index is 12.7. The van der Waals surface area contributed by atoms with E-state index >= 15 is 0 Å². The van der Waals surface area contributed by atoms with Crippen LogP contribution in [-0.2, 0) is 0 Å². The van der Waals surface area contributed by atoms with Crippen molar-refractivity contribution in [3.05, 3.63) is 29.6 Å². The van der Waals surface area contributed by atoms with Crippen LogP contribution in [0, 0.1) is 6.92 Å². The van der Waals surface area contributed by atoms with Gasteiger partial charge in [0.2, 0.25) is 0 Å². The minimum atomic E-state index is 0.145. The fraction of sp³-hybridized carbons (Fsp3) is 0.600. The lowest BCUT2D eigenvalue weighted by atomic mass is 9.98. The highest BCUT2D eigenvalue weighted by Crippen LogP contribution is 2.22. The highest BCUT2D eigenvalue weighted by Gasteiger charge is 2.27. The molecule has 1 aliphatic heterocycles. The number of aromatic nitrogens is 1. The van der Waals surface area contributed by atoms with E-state index in [9.17, 15) is 4.79 Å². The van der Waals surface area contributed by atoms with Crippen molar-refractivity contribution in [1.82, 2.24) is 15.2 Å². The van der Waals surface area contributed by atoms with Gasteiger partial charge in [0.15, 0.2) is 0 Å². The molecule has 1 fully saturated rings. The first-order valence-electron chi connectivity index (χ1n) is 7.11. The summed E-state index contributed by atoms with van der Waals surface area (Å²) in [6.07, 6.45) is 6.22. The molecule has 1 N–H and O–H groups in total. The normalized spacial score (nSPS) is 19.5. The molecular formula is C15H23N3O. The lowest BCUT2D eigenvalue weighted by Crippen LogP contribution is -2.45. The Hall–Kier alpha value is -1.42. The van der Waals surface area contributed by atoms with Crippen LogP contribution in [0.3, 0.4) is 0 Å². The summed E-state index contributed by atoms with van der Waals surface area (Å²) in [7, 11) is 1.96. The minimum absolute atomic E-state index is 0.145. The average Bonchev–Trinajstić information content (AvgIpc) is 2.45. The van der Waals surface area contributed by atoms with Crippen molar-refractivity contribution < 1.29 is 4.79 Å². The Bertz CT molecular complexity index is 433. The Kier molecular flexibility index (Phi) is 4.91. The van der Waals surface area contributed by atoms with Crippen LogP contribution in [0.2, 0.25) is 0 Å². The molecule has 1 saturated heterocycles. The van der Waals surface area contributed by atoms with Crippen LogP contribution in [-0.4, -0.2) is 42.0 Å². The zero-order valence-electron chi connectivity index (χ0n) is 11.9. The lowest BCUT2D eigenvalue weighted by Gasteiger charge is -2.36. The maximum Gasteiger partial charge on any atom is 0.255 e. The van der Waals surface area contributed by atoms with Crippen molar-refractivity contribution in [2.75, 3.05) is 20.1 Å². The van der Waals surface area contributed by atoms with Gasteiger partial charge in [0.25, 0.3) is 5.91 Å². The lowest BCUT2D eigenvalue weighted by molar-refractivity contribution is 0.0601. The molecule has 19 heavy (non-hydrogen) atoms. The molecule has 0 bridgehead atoms. The second kappa shape index (κ2) is 6.66. The van der Waals surface area contributed by atoms with E-state index in [1.807, 2.05) is 31.0 Å². The predicted molar refractivity (Wildman–Crippen MR) is 76.2 cm³/mol. The summed E-state index contributed by atoms with van der Waals surface area (Å²) in [6, 6.07) is 4.09. The molecular weight excluding hydrogens is 238 g/mol. The minimum Gasteiger partial charge on any atom is -0.336 e. The Labute approximate surface area is 115 Å². The number of aryl methyl sites for hydroxylation is 1. The molecule has 0 aromatic carbocycles. The number of piperidine rings is 1. The number of hydrogen-bond donors (Lipinski definition) is 1.